The highest BCUT2D eigenvalue weighted by Crippen LogP contribution is 2.28. The summed E-state index contributed by atoms with van der Waals surface area (Å²) in [6.07, 6.45) is 0. The van der Waals surface area contributed by atoms with E-state index in [4.69, 9.17) is 0 Å². The Hall–Kier alpha value is -1.49. The maximum Gasteiger partial charge on any atom is 0.235 e. The molecule has 1 amide bonds. The molecule has 0 aliphatic rings. The summed E-state index contributed by atoms with van der Waals surface area (Å²) in [5.74, 6) is 0.383. The quantitative estimate of drug-likeness (QED) is 0.874. The van der Waals surface area contributed by atoms with Crippen molar-refractivity contribution in [3.63, 3.8) is 0 Å². The highest BCUT2D eigenvalue weighted by atomic mass is 32.2. The Morgan fingerprint density at radius 3 is 2.58 bits per heavy atom. The van der Waals surface area contributed by atoms with Crippen LogP contribution in [-0.4, -0.2) is 40.1 Å². The fourth-order valence-electron chi connectivity index (χ4n) is 1.83. The number of aromatic nitrogens is 2. The number of rotatable bonds is 4. The maximum atomic E-state index is 12.2. The van der Waals surface area contributed by atoms with Gasteiger partial charge in [0.15, 0.2) is 5.16 Å². The normalized spacial score (nSPS) is 12.9. The summed E-state index contributed by atoms with van der Waals surface area (Å²) in [4.78, 5) is 21.6. The molecule has 1 atom stereocenters. The average molecular weight is 277 g/mol. The second-order valence-corrected chi connectivity index (χ2v) is 6.20. The molecule has 1 unspecified atom stereocenters. The molecule has 1 N–H and O–H groups in total. The number of H-pyrrole nitrogens is 1. The van der Waals surface area contributed by atoms with Crippen LogP contribution in [-0.2, 0) is 4.79 Å². The molecule has 0 fully saturated rings. The van der Waals surface area contributed by atoms with E-state index < -0.39 is 0 Å². The Bertz CT molecular complexity index is 544. The molecule has 2 rings (SSSR count). The van der Waals surface area contributed by atoms with Crippen LogP contribution in [0.25, 0.3) is 11.0 Å². The minimum Gasteiger partial charge on any atom is -0.348 e. The number of para-hydroxylation sites is 2. The number of hydrogen-bond donors (Lipinski definition) is 1. The minimum absolute atomic E-state index is 0.115. The van der Waals surface area contributed by atoms with Crippen molar-refractivity contribution >= 4 is 28.7 Å². The van der Waals surface area contributed by atoms with Crippen molar-refractivity contribution in [2.24, 2.45) is 5.92 Å². The van der Waals surface area contributed by atoms with Crippen molar-refractivity contribution in [2.75, 3.05) is 14.1 Å². The van der Waals surface area contributed by atoms with E-state index in [2.05, 4.69) is 23.8 Å². The molecule has 19 heavy (non-hydrogen) atoms. The van der Waals surface area contributed by atoms with Crippen molar-refractivity contribution in [1.29, 1.82) is 0 Å². The van der Waals surface area contributed by atoms with Crippen LogP contribution in [0.2, 0.25) is 0 Å². The van der Waals surface area contributed by atoms with Gasteiger partial charge >= 0.3 is 0 Å². The number of aromatic amines is 1. The van der Waals surface area contributed by atoms with Crippen LogP contribution in [0.3, 0.4) is 0 Å². The number of imidazole rings is 1. The van der Waals surface area contributed by atoms with E-state index in [0.717, 1.165) is 16.2 Å². The largest absolute Gasteiger partial charge is 0.348 e. The first-order chi connectivity index (χ1) is 8.99. The molecule has 4 nitrogen and oxygen atoms in total. The fourth-order valence-corrected chi connectivity index (χ4v) is 2.98. The van der Waals surface area contributed by atoms with Gasteiger partial charge in [-0.25, -0.2) is 4.98 Å². The number of thioether (sulfide) groups is 1. The maximum absolute atomic E-state index is 12.2. The molecular formula is C14H19N3OS. The number of carbonyl (C=O) groups excluding carboxylic acids is 1. The third-order valence-electron chi connectivity index (χ3n) is 2.90. The van der Waals surface area contributed by atoms with Gasteiger partial charge in [-0.05, 0) is 18.1 Å². The van der Waals surface area contributed by atoms with Gasteiger partial charge in [-0.1, -0.05) is 37.7 Å². The van der Waals surface area contributed by atoms with Gasteiger partial charge in [0.1, 0.15) is 0 Å². The number of nitrogens with zero attached hydrogens (tertiary/aromatic N) is 2. The van der Waals surface area contributed by atoms with Crippen molar-refractivity contribution in [2.45, 2.75) is 24.3 Å². The summed E-state index contributed by atoms with van der Waals surface area (Å²) in [5.41, 5.74) is 1.94. The van der Waals surface area contributed by atoms with Crippen molar-refractivity contribution in [3.8, 4) is 0 Å². The van der Waals surface area contributed by atoms with Crippen LogP contribution in [0.5, 0.6) is 0 Å². The Labute approximate surface area is 117 Å². The smallest absolute Gasteiger partial charge is 0.235 e. The summed E-state index contributed by atoms with van der Waals surface area (Å²) in [5, 5.41) is 0.686. The second-order valence-electron chi connectivity index (χ2n) is 5.07. The van der Waals surface area contributed by atoms with Crippen molar-refractivity contribution in [3.05, 3.63) is 24.3 Å². The second kappa shape index (κ2) is 5.65. The number of nitrogens with one attached hydrogen (secondary N) is 1. The Balaban J connectivity index is 2.23. The summed E-state index contributed by atoms with van der Waals surface area (Å²) in [6.45, 7) is 4.11. The van der Waals surface area contributed by atoms with E-state index in [9.17, 15) is 4.79 Å². The Kier molecular flexibility index (Phi) is 4.14. The first-order valence-corrected chi connectivity index (χ1v) is 7.19. The summed E-state index contributed by atoms with van der Waals surface area (Å²) in [7, 11) is 3.58. The van der Waals surface area contributed by atoms with Gasteiger partial charge in [-0.15, -0.1) is 0 Å². The highest BCUT2D eigenvalue weighted by Gasteiger charge is 2.26. The van der Waals surface area contributed by atoms with E-state index in [0.29, 0.717) is 0 Å². The molecule has 2 aromatic rings. The molecule has 5 heteroatoms. The van der Waals surface area contributed by atoms with Gasteiger partial charge in [-0.3, -0.25) is 4.79 Å². The number of carbonyl (C=O) groups is 1. The minimum atomic E-state index is -0.115. The number of amides is 1. The molecule has 0 aliphatic carbocycles. The lowest BCUT2D eigenvalue weighted by molar-refractivity contribution is -0.128. The molecule has 0 saturated carbocycles. The first kappa shape index (κ1) is 13.9. The lowest BCUT2D eigenvalue weighted by Crippen LogP contribution is -2.34. The van der Waals surface area contributed by atoms with Gasteiger partial charge in [0.2, 0.25) is 5.91 Å². The molecule has 1 aromatic carbocycles. The summed E-state index contributed by atoms with van der Waals surface area (Å²) < 4.78 is 0. The van der Waals surface area contributed by atoms with Gasteiger partial charge in [0.25, 0.3) is 0 Å². The molecular weight excluding hydrogens is 258 g/mol. The van der Waals surface area contributed by atoms with E-state index in [1.54, 1.807) is 19.0 Å². The average Bonchev–Trinajstić information content (AvgIpc) is 2.77. The number of fused-ring (bicyclic) bond motifs is 1. The lowest BCUT2D eigenvalue weighted by Gasteiger charge is -2.22. The monoisotopic (exact) mass is 277 g/mol. The zero-order valence-corrected chi connectivity index (χ0v) is 12.5. The standard InChI is InChI=1S/C14H19N3OS/c1-9(2)12(13(18)17(3)4)19-14-15-10-7-5-6-8-11(10)16-14/h5-9,12H,1-4H3,(H,15,16). The van der Waals surface area contributed by atoms with E-state index in [-0.39, 0.29) is 17.1 Å². The van der Waals surface area contributed by atoms with Crippen molar-refractivity contribution in [1.82, 2.24) is 14.9 Å². The Morgan fingerprint density at radius 1 is 1.32 bits per heavy atom. The Morgan fingerprint density at radius 2 is 2.00 bits per heavy atom. The fraction of sp³-hybridized carbons (Fsp3) is 0.429. The summed E-state index contributed by atoms with van der Waals surface area (Å²) in [6, 6.07) is 7.89. The third kappa shape index (κ3) is 3.10. The predicted octanol–water partition coefficient (Wildman–Crippen LogP) is 2.77. The zero-order chi connectivity index (χ0) is 14.0. The van der Waals surface area contributed by atoms with Crippen LogP contribution < -0.4 is 0 Å². The van der Waals surface area contributed by atoms with Gasteiger partial charge in [-0.2, -0.15) is 0 Å². The topological polar surface area (TPSA) is 49.0 Å². The molecule has 1 heterocycles. The first-order valence-electron chi connectivity index (χ1n) is 6.31. The van der Waals surface area contributed by atoms with Gasteiger partial charge < -0.3 is 9.88 Å². The van der Waals surface area contributed by atoms with Crippen LogP contribution in [0.15, 0.2) is 29.4 Å². The highest BCUT2D eigenvalue weighted by molar-refractivity contribution is 8.00. The van der Waals surface area contributed by atoms with E-state index >= 15 is 0 Å². The van der Waals surface area contributed by atoms with Crippen LogP contribution >= 0.6 is 11.8 Å². The molecule has 0 aliphatic heterocycles. The predicted molar refractivity (Wildman–Crippen MR) is 79.3 cm³/mol. The summed E-state index contributed by atoms with van der Waals surface area (Å²) >= 11 is 1.50. The van der Waals surface area contributed by atoms with Crippen molar-refractivity contribution < 1.29 is 4.79 Å². The van der Waals surface area contributed by atoms with Gasteiger partial charge in [0.05, 0.1) is 16.3 Å². The van der Waals surface area contributed by atoms with Gasteiger partial charge in [0, 0.05) is 14.1 Å². The zero-order valence-electron chi connectivity index (χ0n) is 11.7. The SMILES string of the molecule is CC(C)C(Sc1nc2ccccc2[nH]1)C(=O)N(C)C. The van der Waals surface area contributed by atoms with Crippen LogP contribution in [0, 0.1) is 5.92 Å². The number of benzene rings is 1. The van der Waals surface area contributed by atoms with E-state index in [1.807, 2.05) is 24.3 Å². The van der Waals surface area contributed by atoms with Crippen LogP contribution in [0.1, 0.15) is 13.8 Å². The molecule has 0 saturated heterocycles. The molecule has 0 bridgehead atoms. The molecule has 0 spiro atoms. The molecule has 0 radical (unpaired) electrons. The molecule has 102 valence electrons. The lowest BCUT2D eigenvalue weighted by atomic mass is 10.1. The molecule has 1 aromatic heterocycles. The van der Waals surface area contributed by atoms with Crippen LogP contribution in [0.4, 0.5) is 0 Å². The van der Waals surface area contributed by atoms with E-state index in [1.165, 1.54) is 11.8 Å². The number of hydrogen-bond acceptors (Lipinski definition) is 3. The third-order valence-corrected chi connectivity index (χ3v) is 4.31.